The van der Waals surface area contributed by atoms with Crippen LogP contribution < -0.4 is 5.32 Å². The first-order chi connectivity index (χ1) is 15.7. The summed E-state index contributed by atoms with van der Waals surface area (Å²) >= 11 is 0. The van der Waals surface area contributed by atoms with Crippen molar-refractivity contribution in [3.63, 3.8) is 0 Å². The Morgan fingerprint density at radius 2 is 1.56 bits per heavy atom. The second kappa shape index (κ2) is 10.3. The van der Waals surface area contributed by atoms with Gasteiger partial charge in [-0.25, -0.2) is 0 Å². The molecule has 1 N–H and O–H groups in total. The number of fused-ring (bicyclic) bond motifs is 1. The Hall–Kier alpha value is -4.10. The lowest BCUT2D eigenvalue weighted by atomic mass is 10.1. The fourth-order valence-corrected chi connectivity index (χ4v) is 3.84. The summed E-state index contributed by atoms with van der Waals surface area (Å²) in [4.78, 5) is 12.6. The Labute approximate surface area is 188 Å². The van der Waals surface area contributed by atoms with Crippen LogP contribution in [0.3, 0.4) is 0 Å². The second-order valence-electron chi connectivity index (χ2n) is 7.73. The molecule has 4 nitrogen and oxygen atoms in total. The monoisotopic (exact) mass is 419 g/mol. The summed E-state index contributed by atoms with van der Waals surface area (Å²) in [7, 11) is 0. The number of aryl methyl sites for hydroxylation is 1. The van der Waals surface area contributed by atoms with Gasteiger partial charge in [0.25, 0.3) is 5.91 Å². The molecule has 4 aromatic rings. The Bertz CT molecular complexity index is 1260. The molecular formula is C28H25N3O. The molecule has 4 rings (SSSR count). The van der Waals surface area contributed by atoms with Crippen molar-refractivity contribution in [2.24, 2.45) is 0 Å². The number of nitrogens with one attached hydrogen (secondary N) is 1. The highest BCUT2D eigenvalue weighted by Crippen LogP contribution is 2.24. The molecule has 1 amide bonds. The van der Waals surface area contributed by atoms with E-state index in [2.05, 4.69) is 46.3 Å². The zero-order valence-electron chi connectivity index (χ0n) is 17.9. The molecule has 0 aliphatic carbocycles. The van der Waals surface area contributed by atoms with E-state index >= 15 is 0 Å². The molecule has 3 aromatic carbocycles. The van der Waals surface area contributed by atoms with Crippen molar-refractivity contribution in [1.29, 1.82) is 5.26 Å². The van der Waals surface area contributed by atoms with E-state index in [1.165, 1.54) is 11.1 Å². The molecule has 0 spiro atoms. The highest BCUT2D eigenvalue weighted by Gasteiger charge is 2.12. The van der Waals surface area contributed by atoms with Crippen molar-refractivity contribution in [1.82, 2.24) is 9.88 Å². The van der Waals surface area contributed by atoms with Gasteiger partial charge in [-0.3, -0.25) is 4.79 Å². The van der Waals surface area contributed by atoms with Gasteiger partial charge in [-0.15, -0.1) is 0 Å². The van der Waals surface area contributed by atoms with Gasteiger partial charge in [0.1, 0.15) is 11.6 Å². The van der Waals surface area contributed by atoms with Crippen LogP contribution in [0, 0.1) is 11.3 Å². The number of rotatable bonds is 8. The van der Waals surface area contributed by atoms with E-state index in [-0.39, 0.29) is 11.5 Å². The summed E-state index contributed by atoms with van der Waals surface area (Å²) in [5.74, 6) is -0.333. The maximum atomic E-state index is 12.6. The molecule has 158 valence electrons. The molecule has 4 heteroatoms. The van der Waals surface area contributed by atoms with Gasteiger partial charge in [-0.2, -0.15) is 5.26 Å². The lowest BCUT2D eigenvalue weighted by Gasteiger charge is -2.05. The summed E-state index contributed by atoms with van der Waals surface area (Å²) in [6.07, 6.45) is 5.42. The fraction of sp³-hybridized carbons (Fsp3) is 0.143. The first kappa shape index (κ1) is 21.1. The number of aromatic nitrogens is 1. The largest absolute Gasteiger partial charge is 0.351 e. The Balaban J connectivity index is 1.49. The molecule has 0 saturated heterocycles. The van der Waals surface area contributed by atoms with Gasteiger partial charge in [0.2, 0.25) is 0 Å². The van der Waals surface area contributed by atoms with E-state index in [0.717, 1.165) is 35.9 Å². The first-order valence-electron chi connectivity index (χ1n) is 10.8. The van der Waals surface area contributed by atoms with Crippen molar-refractivity contribution in [3.8, 4) is 6.07 Å². The van der Waals surface area contributed by atoms with Crippen LogP contribution in [0.15, 0.2) is 96.7 Å². The molecule has 0 atom stereocenters. The lowest BCUT2D eigenvalue weighted by molar-refractivity contribution is -0.117. The van der Waals surface area contributed by atoms with E-state index in [1.54, 1.807) is 6.08 Å². The van der Waals surface area contributed by atoms with E-state index in [9.17, 15) is 10.1 Å². The molecule has 0 fully saturated rings. The van der Waals surface area contributed by atoms with Crippen molar-refractivity contribution < 1.29 is 4.79 Å². The SMILES string of the molecule is N#C/C(=C/c1cn(Cc2ccccc2)c2ccccc12)C(=O)NCCCc1ccccc1. The third-order valence-corrected chi connectivity index (χ3v) is 5.45. The highest BCUT2D eigenvalue weighted by atomic mass is 16.1. The summed E-state index contributed by atoms with van der Waals surface area (Å²) in [6.45, 7) is 1.26. The van der Waals surface area contributed by atoms with Gasteiger partial charge >= 0.3 is 0 Å². The Morgan fingerprint density at radius 1 is 0.906 bits per heavy atom. The van der Waals surface area contributed by atoms with Gasteiger partial charge in [0.05, 0.1) is 0 Å². The van der Waals surface area contributed by atoms with Gasteiger partial charge in [0, 0.05) is 35.8 Å². The minimum Gasteiger partial charge on any atom is -0.351 e. The zero-order valence-corrected chi connectivity index (χ0v) is 17.9. The summed E-state index contributed by atoms with van der Waals surface area (Å²) in [5, 5.41) is 13.5. The molecule has 0 bridgehead atoms. The number of hydrogen-bond acceptors (Lipinski definition) is 2. The number of nitriles is 1. The summed E-state index contributed by atoms with van der Waals surface area (Å²) in [6, 6.07) is 30.5. The maximum Gasteiger partial charge on any atom is 0.261 e. The van der Waals surface area contributed by atoms with Crippen LogP contribution >= 0.6 is 0 Å². The molecule has 0 aliphatic heterocycles. The van der Waals surface area contributed by atoms with Crippen LogP contribution in [0.1, 0.15) is 23.1 Å². The van der Waals surface area contributed by atoms with Gasteiger partial charge in [0.15, 0.2) is 0 Å². The summed E-state index contributed by atoms with van der Waals surface area (Å²) in [5.41, 5.74) is 4.49. The third kappa shape index (κ3) is 5.14. The van der Waals surface area contributed by atoms with E-state index in [0.29, 0.717) is 6.54 Å². The molecule has 1 aromatic heterocycles. The van der Waals surface area contributed by atoms with E-state index < -0.39 is 0 Å². The van der Waals surface area contributed by atoms with Crippen LogP contribution in [-0.2, 0) is 17.8 Å². The second-order valence-corrected chi connectivity index (χ2v) is 7.73. The molecule has 32 heavy (non-hydrogen) atoms. The van der Waals surface area contributed by atoms with Crippen molar-refractivity contribution >= 4 is 22.9 Å². The van der Waals surface area contributed by atoms with Crippen LogP contribution in [0.25, 0.3) is 17.0 Å². The smallest absolute Gasteiger partial charge is 0.261 e. The van der Waals surface area contributed by atoms with Crippen LogP contribution in [0.2, 0.25) is 0 Å². The highest BCUT2D eigenvalue weighted by molar-refractivity contribution is 6.04. The minimum absolute atomic E-state index is 0.118. The molecule has 0 unspecified atom stereocenters. The zero-order chi connectivity index (χ0) is 22.2. The van der Waals surface area contributed by atoms with Crippen molar-refractivity contribution in [2.45, 2.75) is 19.4 Å². The molecule has 0 aliphatic rings. The van der Waals surface area contributed by atoms with Crippen molar-refractivity contribution in [3.05, 3.63) is 113 Å². The predicted octanol–water partition coefficient (Wildman–Crippen LogP) is 5.35. The average Bonchev–Trinajstić information content (AvgIpc) is 3.18. The number of hydrogen-bond donors (Lipinski definition) is 1. The molecule has 1 heterocycles. The standard InChI is InChI=1S/C28H25N3O/c29-19-24(28(32)30-17-9-14-22-10-3-1-4-11-22)18-25-21-31(20-23-12-5-2-6-13-23)27-16-8-7-15-26(25)27/h1-8,10-13,15-16,18,21H,9,14,17,20H2,(H,30,32)/b24-18-. The third-order valence-electron chi connectivity index (χ3n) is 5.45. The van der Waals surface area contributed by atoms with E-state index in [4.69, 9.17) is 0 Å². The predicted molar refractivity (Wildman–Crippen MR) is 129 cm³/mol. The average molecular weight is 420 g/mol. The topological polar surface area (TPSA) is 57.8 Å². The first-order valence-corrected chi connectivity index (χ1v) is 10.8. The Morgan fingerprint density at radius 3 is 2.28 bits per heavy atom. The molecule has 0 radical (unpaired) electrons. The number of carbonyl (C=O) groups excluding carboxylic acids is 1. The number of benzene rings is 3. The van der Waals surface area contributed by atoms with Crippen LogP contribution in [0.4, 0.5) is 0 Å². The number of amides is 1. The molecule has 0 saturated carbocycles. The van der Waals surface area contributed by atoms with Crippen molar-refractivity contribution in [2.75, 3.05) is 6.54 Å². The number of carbonyl (C=O) groups is 1. The number of nitrogens with zero attached hydrogens (tertiary/aromatic N) is 2. The van der Waals surface area contributed by atoms with Gasteiger partial charge in [-0.1, -0.05) is 78.9 Å². The Kier molecular flexibility index (Phi) is 6.79. The number of para-hydroxylation sites is 1. The lowest BCUT2D eigenvalue weighted by Crippen LogP contribution is -2.25. The van der Waals surface area contributed by atoms with Crippen LogP contribution in [-0.4, -0.2) is 17.0 Å². The molecular weight excluding hydrogens is 394 g/mol. The van der Waals surface area contributed by atoms with Crippen LogP contribution in [0.5, 0.6) is 0 Å². The van der Waals surface area contributed by atoms with Gasteiger partial charge < -0.3 is 9.88 Å². The summed E-state index contributed by atoms with van der Waals surface area (Å²) < 4.78 is 2.16. The van der Waals surface area contributed by atoms with Gasteiger partial charge in [-0.05, 0) is 36.1 Å². The maximum absolute atomic E-state index is 12.6. The quantitative estimate of drug-likeness (QED) is 0.238. The normalized spacial score (nSPS) is 11.3. The van der Waals surface area contributed by atoms with E-state index in [1.807, 2.05) is 60.8 Å². The fourth-order valence-electron chi connectivity index (χ4n) is 3.84. The minimum atomic E-state index is -0.333.